The Kier molecular flexibility index (Phi) is 4.13. The molecule has 0 saturated carbocycles. The number of likely N-dealkylation sites (tertiary alicyclic amines) is 1. The first-order valence-corrected chi connectivity index (χ1v) is 8.57. The van der Waals surface area contributed by atoms with Crippen molar-refractivity contribution < 1.29 is 9.21 Å². The minimum Gasteiger partial charge on any atom is -0.408 e. The fourth-order valence-electron chi connectivity index (χ4n) is 3.49. The Bertz CT molecular complexity index is 925. The van der Waals surface area contributed by atoms with E-state index in [4.69, 9.17) is 4.42 Å². The van der Waals surface area contributed by atoms with Crippen LogP contribution in [0.25, 0.3) is 11.1 Å². The van der Waals surface area contributed by atoms with E-state index in [-0.39, 0.29) is 18.4 Å². The van der Waals surface area contributed by atoms with E-state index >= 15 is 0 Å². The molecular weight excluding hydrogens is 320 g/mol. The standard InChI is InChI=1S/C18H20N4O3/c23-17(20-10-3-5-14(13-20)22-11-4-9-19-22)8-12-21-15-6-1-2-7-16(15)25-18(21)24/h1-2,4,6-7,9,11,14H,3,5,8,10,12-13H2. The van der Waals surface area contributed by atoms with Crippen molar-refractivity contribution in [3.63, 3.8) is 0 Å². The number of para-hydroxylation sites is 2. The Morgan fingerprint density at radius 3 is 3.00 bits per heavy atom. The van der Waals surface area contributed by atoms with Gasteiger partial charge in [-0.1, -0.05) is 12.1 Å². The number of carbonyl (C=O) groups is 1. The first-order chi connectivity index (χ1) is 12.2. The number of nitrogens with zero attached hydrogens (tertiary/aromatic N) is 4. The van der Waals surface area contributed by atoms with Crippen molar-refractivity contribution >= 4 is 17.0 Å². The number of benzene rings is 1. The number of hydrogen-bond donors (Lipinski definition) is 0. The molecule has 1 aliphatic heterocycles. The fourth-order valence-corrected chi connectivity index (χ4v) is 3.49. The smallest absolute Gasteiger partial charge is 0.408 e. The number of aromatic nitrogens is 3. The second-order valence-corrected chi connectivity index (χ2v) is 6.36. The molecule has 0 radical (unpaired) electrons. The molecule has 4 rings (SSSR count). The third-order valence-corrected chi connectivity index (χ3v) is 4.77. The molecule has 0 N–H and O–H groups in total. The maximum absolute atomic E-state index is 12.6. The molecule has 1 atom stereocenters. The zero-order valence-corrected chi connectivity index (χ0v) is 13.9. The van der Waals surface area contributed by atoms with Gasteiger partial charge in [0.25, 0.3) is 0 Å². The summed E-state index contributed by atoms with van der Waals surface area (Å²) in [6.45, 7) is 1.76. The van der Waals surface area contributed by atoms with Crippen LogP contribution in [-0.2, 0) is 11.3 Å². The summed E-state index contributed by atoms with van der Waals surface area (Å²) in [7, 11) is 0. The summed E-state index contributed by atoms with van der Waals surface area (Å²) in [5.41, 5.74) is 1.28. The number of amides is 1. The lowest BCUT2D eigenvalue weighted by molar-refractivity contribution is -0.133. The zero-order chi connectivity index (χ0) is 17.2. The van der Waals surface area contributed by atoms with Gasteiger partial charge >= 0.3 is 5.76 Å². The van der Waals surface area contributed by atoms with Gasteiger partial charge in [0, 0.05) is 38.4 Å². The van der Waals surface area contributed by atoms with Gasteiger partial charge in [0.2, 0.25) is 5.91 Å². The molecule has 7 heteroatoms. The molecule has 25 heavy (non-hydrogen) atoms. The lowest BCUT2D eigenvalue weighted by Crippen LogP contribution is -2.41. The minimum absolute atomic E-state index is 0.0639. The lowest BCUT2D eigenvalue weighted by Gasteiger charge is -2.33. The van der Waals surface area contributed by atoms with Crippen LogP contribution >= 0.6 is 0 Å². The van der Waals surface area contributed by atoms with Crippen LogP contribution in [0.1, 0.15) is 25.3 Å². The first kappa shape index (κ1) is 15.7. The van der Waals surface area contributed by atoms with Gasteiger partial charge < -0.3 is 9.32 Å². The molecule has 1 aliphatic rings. The average molecular weight is 340 g/mol. The highest BCUT2D eigenvalue weighted by atomic mass is 16.4. The Hall–Kier alpha value is -2.83. The maximum atomic E-state index is 12.6. The van der Waals surface area contributed by atoms with Crippen molar-refractivity contribution in [1.29, 1.82) is 0 Å². The van der Waals surface area contributed by atoms with Crippen LogP contribution in [-0.4, -0.2) is 38.2 Å². The summed E-state index contributed by atoms with van der Waals surface area (Å²) in [6, 6.07) is 9.40. The highest BCUT2D eigenvalue weighted by molar-refractivity contribution is 5.77. The van der Waals surface area contributed by atoms with Gasteiger partial charge in [0.15, 0.2) is 5.58 Å². The molecule has 130 valence electrons. The van der Waals surface area contributed by atoms with E-state index in [2.05, 4.69) is 5.10 Å². The molecule has 1 aromatic carbocycles. The number of hydrogen-bond acceptors (Lipinski definition) is 4. The van der Waals surface area contributed by atoms with Gasteiger partial charge in [-0.15, -0.1) is 0 Å². The monoisotopic (exact) mass is 340 g/mol. The summed E-state index contributed by atoms with van der Waals surface area (Å²) in [5, 5.41) is 4.29. The quantitative estimate of drug-likeness (QED) is 0.728. The van der Waals surface area contributed by atoms with Gasteiger partial charge in [0.05, 0.1) is 11.6 Å². The molecule has 1 fully saturated rings. The average Bonchev–Trinajstić information content (AvgIpc) is 3.27. The molecule has 3 heterocycles. The van der Waals surface area contributed by atoms with Crippen molar-refractivity contribution in [1.82, 2.24) is 19.2 Å². The van der Waals surface area contributed by atoms with Gasteiger partial charge in [-0.2, -0.15) is 5.10 Å². The Labute approximate surface area is 144 Å². The molecule has 1 unspecified atom stereocenters. The molecule has 0 aliphatic carbocycles. The van der Waals surface area contributed by atoms with Crippen LogP contribution in [0.3, 0.4) is 0 Å². The van der Waals surface area contributed by atoms with E-state index in [9.17, 15) is 9.59 Å². The van der Waals surface area contributed by atoms with Crippen molar-refractivity contribution in [3.8, 4) is 0 Å². The second-order valence-electron chi connectivity index (χ2n) is 6.36. The van der Waals surface area contributed by atoms with Crippen LogP contribution in [0.2, 0.25) is 0 Å². The van der Waals surface area contributed by atoms with Gasteiger partial charge in [-0.05, 0) is 31.0 Å². The Morgan fingerprint density at radius 2 is 2.16 bits per heavy atom. The van der Waals surface area contributed by atoms with Crippen LogP contribution < -0.4 is 5.76 Å². The molecule has 0 bridgehead atoms. The number of fused-ring (bicyclic) bond motifs is 1. The number of carbonyl (C=O) groups excluding carboxylic acids is 1. The van der Waals surface area contributed by atoms with Crippen molar-refractivity contribution in [2.45, 2.75) is 31.8 Å². The summed E-state index contributed by atoms with van der Waals surface area (Å²) in [5.74, 6) is -0.351. The van der Waals surface area contributed by atoms with Crippen LogP contribution in [0.4, 0.5) is 0 Å². The Morgan fingerprint density at radius 1 is 1.28 bits per heavy atom. The number of piperidine rings is 1. The molecular formula is C18H20N4O3. The highest BCUT2D eigenvalue weighted by Gasteiger charge is 2.25. The SMILES string of the molecule is O=C(CCn1c(=O)oc2ccccc21)N1CCCC(n2cccn2)C1. The number of oxazole rings is 1. The third kappa shape index (κ3) is 3.09. The summed E-state index contributed by atoms with van der Waals surface area (Å²) < 4.78 is 8.67. The Balaban J connectivity index is 1.43. The molecule has 0 spiro atoms. The van der Waals surface area contributed by atoms with Crippen LogP contribution in [0, 0.1) is 0 Å². The summed E-state index contributed by atoms with van der Waals surface area (Å²) in [6.07, 6.45) is 5.98. The van der Waals surface area contributed by atoms with Crippen molar-refractivity contribution in [2.24, 2.45) is 0 Å². The largest absolute Gasteiger partial charge is 0.419 e. The molecule has 7 nitrogen and oxygen atoms in total. The second kappa shape index (κ2) is 6.58. The van der Waals surface area contributed by atoms with E-state index in [0.717, 1.165) is 24.9 Å². The first-order valence-electron chi connectivity index (χ1n) is 8.57. The predicted molar refractivity (Wildman–Crippen MR) is 92.2 cm³/mol. The highest BCUT2D eigenvalue weighted by Crippen LogP contribution is 2.21. The van der Waals surface area contributed by atoms with Gasteiger partial charge in [0.1, 0.15) is 0 Å². The van der Waals surface area contributed by atoms with E-state index in [1.807, 2.05) is 40.0 Å². The topological polar surface area (TPSA) is 73.3 Å². The number of rotatable bonds is 4. The van der Waals surface area contributed by atoms with Crippen molar-refractivity contribution in [3.05, 3.63) is 53.3 Å². The molecule has 2 aromatic heterocycles. The van der Waals surface area contributed by atoms with E-state index in [0.29, 0.717) is 18.7 Å². The van der Waals surface area contributed by atoms with Crippen molar-refractivity contribution in [2.75, 3.05) is 13.1 Å². The predicted octanol–water partition coefficient (Wildman–Crippen LogP) is 2.04. The summed E-state index contributed by atoms with van der Waals surface area (Å²) >= 11 is 0. The lowest BCUT2D eigenvalue weighted by atomic mass is 10.1. The van der Waals surface area contributed by atoms with Crippen LogP contribution in [0.5, 0.6) is 0 Å². The van der Waals surface area contributed by atoms with Gasteiger partial charge in [-0.25, -0.2) is 4.79 Å². The van der Waals surface area contributed by atoms with Gasteiger partial charge in [-0.3, -0.25) is 14.0 Å². The molecule has 1 saturated heterocycles. The summed E-state index contributed by atoms with van der Waals surface area (Å²) in [4.78, 5) is 26.5. The molecule has 3 aromatic rings. The normalized spacial score (nSPS) is 17.9. The third-order valence-electron chi connectivity index (χ3n) is 4.77. The zero-order valence-electron chi connectivity index (χ0n) is 13.9. The van der Waals surface area contributed by atoms with E-state index < -0.39 is 5.76 Å². The van der Waals surface area contributed by atoms with Crippen LogP contribution in [0.15, 0.2) is 51.9 Å². The molecule has 1 amide bonds. The van der Waals surface area contributed by atoms with E-state index in [1.165, 1.54) is 4.57 Å². The fraction of sp³-hybridized carbons (Fsp3) is 0.389. The maximum Gasteiger partial charge on any atom is 0.419 e. The number of aryl methyl sites for hydroxylation is 1. The van der Waals surface area contributed by atoms with E-state index in [1.54, 1.807) is 12.3 Å². The minimum atomic E-state index is -0.415.